The van der Waals surface area contributed by atoms with Crippen molar-refractivity contribution >= 4 is 41.5 Å². The lowest BCUT2D eigenvalue weighted by atomic mass is 10.1. The fourth-order valence-electron chi connectivity index (χ4n) is 3.00. The highest BCUT2D eigenvalue weighted by atomic mass is 127. The van der Waals surface area contributed by atoms with Gasteiger partial charge in [-0.25, -0.2) is 4.99 Å². The van der Waals surface area contributed by atoms with Gasteiger partial charge in [-0.1, -0.05) is 18.2 Å². The summed E-state index contributed by atoms with van der Waals surface area (Å²) in [7, 11) is 3.27. The Morgan fingerprint density at radius 2 is 1.71 bits per heavy atom. The molecule has 31 heavy (non-hydrogen) atoms. The van der Waals surface area contributed by atoms with Gasteiger partial charge in [0.15, 0.2) is 5.96 Å². The van der Waals surface area contributed by atoms with Gasteiger partial charge in [0.05, 0.1) is 26.5 Å². The summed E-state index contributed by atoms with van der Waals surface area (Å²) in [6.45, 7) is 7.53. The molecule has 170 valence electrons. The van der Waals surface area contributed by atoms with Crippen LogP contribution in [0.5, 0.6) is 11.5 Å². The maximum atomic E-state index is 11.4. The van der Waals surface area contributed by atoms with E-state index in [9.17, 15) is 4.79 Å². The van der Waals surface area contributed by atoms with Crippen molar-refractivity contribution in [3.63, 3.8) is 0 Å². The van der Waals surface area contributed by atoms with Gasteiger partial charge >= 0.3 is 0 Å². The van der Waals surface area contributed by atoms with Crippen molar-refractivity contribution in [3.05, 3.63) is 53.1 Å². The average Bonchev–Trinajstić information content (AvgIpc) is 2.73. The monoisotopic (exact) mass is 540 g/mol. The van der Waals surface area contributed by atoms with Crippen molar-refractivity contribution in [1.29, 1.82) is 0 Å². The highest BCUT2D eigenvalue weighted by Crippen LogP contribution is 2.25. The van der Waals surface area contributed by atoms with E-state index in [0.29, 0.717) is 18.0 Å². The molecule has 0 bridgehead atoms. The van der Waals surface area contributed by atoms with E-state index in [2.05, 4.69) is 39.1 Å². The number of nitrogens with zero attached hydrogens (tertiary/aromatic N) is 1. The van der Waals surface area contributed by atoms with E-state index < -0.39 is 0 Å². The maximum absolute atomic E-state index is 11.4. The number of hydrogen-bond acceptors (Lipinski definition) is 4. The number of methoxy groups -OCH3 is 2. The lowest BCUT2D eigenvalue weighted by Gasteiger charge is -2.13. The molecule has 0 spiro atoms. The second kappa shape index (κ2) is 13.7. The van der Waals surface area contributed by atoms with Gasteiger partial charge in [0.2, 0.25) is 5.91 Å². The standard InChI is InChI=1S/C23H32N4O3.HI/c1-6-24-23(25-12-11-18-8-7-16(2)22(14-18)30-5)26-15-19-9-10-21(29-4)20(13-19)27-17(3)28;/h7-10,13-14H,6,11-12,15H2,1-5H3,(H,27,28)(H2,24,25,26);1H. The normalized spacial score (nSPS) is 10.7. The van der Waals surface area contributed by atoms with Crippen molar-refractivity contribution in [1.82, 2.24) is 10.6 Å². The first-order chi connectivity index (χ1) is 14.5. The number of benzene rings is 2. The van der Waals surface area contributed by atoms with E-state index in [0.717, 1.165) is 42.3 Å². The molecule has 0 aromatic heterocycles. The second-order valence-electron chi connectivity index (χ2n) is 6.89. The largest absolute Gasteiger partial charge is 0.496 e. The first kappa shape index (κ1) is 26.5. The molecule has 0 heterocycles. The number of aryl methyl sites for hydroxylation is 1. The van der Waals surface area contributed by atoms with Crippen LogP contribution >= 0.6 is 24.0 Å². The summed E-state index contributed by atoms with van der Waals surface area (Å²) in [5, 5.41) is 9.41. The molecule has 0 aliphatic carbocycles. The van der Waals surface area contributed by atoms with Crippen LogP contribution in [0.2, 0.25) is 0 Å². The molecular formula is C23H33IN4O3. The third-order valence-corrected chi connectivity index (χ3v) is 4.52. The Hall–Kier alpha value is -2.49. The molecule has 0 radical (unpaired) electrons. The first-order valence-corrected chi connectivity index (χ1v) is 10.1. The molecule has 0 saturated heterocycles. The zero-order valence-electron chi connectivity index (χ0n) is 18.9. The van der Waals surface area contributed by atoms with Crippen molar-refractivity contribution in [2.75, 3.05) is 32.6 Å². The lowest BCUT2D eigenvalue weighted by molar-refractivity contribution is -0.114. The first-order valence-electron chi connectivity index (χ1n) is 10.1. The minimum absolute atomic E-state index is 0. The predicted molar refractivity (Wildman–Crippen MR) is 137 cm³/mol. The number of rotatable bonds is 9. The number of carbonyl (C=O) groups is 1. The summed E-state index contributed by atoms with van der Waals surface area (Å²) in [5.74, 6) is 2.13. The predicted octanol–water partition coefficient (Wildman–Crippen LogP) is 3.89. The van der Waals surface area contributed by atoms with Crippen LogP contribution in [0.25, 0.3) is 0 Å². The van der Waals surface area contributed by atoms with Gasteiger partial charge in [-0.05, 0) is 55.2 Å². The third-order valence-electron chi connectivity index (χ3n) is 4.52. The number of carbonyl (C=O) groups excluding carboxylic acids is 1. The number of guanidine groups is 1. The van der Waals surface area contributed by atoms with Crippen LogP contribution in [0.15, 0.2) is 41.4 Å². The van der Waals surface area contributed by atoms with Crippen LogP contribution in [0.4, 0.5) is 5.69 Å². The maximum Gasteiger partial charge on any atom is 0.221 e. The van der Waals surface area contributed by atoms with E-state index in [4.69, 9.17) is 9.47 Å². The molecule has 0 aliphatic heterocycles. The van der Waals surface area contributed by atoms with E-state index in [1.54, 1.807) is 14.2 Å². The summed E-state index contributed by atoms with van der Waals surface area (Å²) in [6.07, 6.45) is 0.857. The Morgan fingerprint density at radius 1 is 1.00 bits per heavy atom. The lowest BCUT2D eigenvalue weighted by Crippen LogP contribution is -2.38. The van der Waals surface area contributed by atoms with Gasteiger partial charge in [0, 0.05) is 20.0 Å². The molecule has 8 heteroatoms. The molecule has 2 aromatic rings. The van der Waals surface area contributed by atoms with E-state index in [-0.39, 0.29) is 29.9 Å². The van der Waals surface area contributed by atoms with Crippen LogP contribution < -0.4 is 25.4 Å². The topological polar surface area (TPSA) is 84.0 Å². The van der Waals surface area contributed by atoms with Gasteiger partial charge < -0.3 is 25.4 Å². The Kier molecular flexibility index (Phi) is 11.8. The Bertz CT molecular complexity index is 887. The van der Waals surface area contributed by atoms with E-state index >= 15 is 0 Å². The number of anilines is 1. The van der Waals surface area contributed by atoms with E-state index in [1.807, 2.05) is 32.0 Å². The smallest absolute Gasteiger partial charge is 0.221 e. The quantitative estimate of drug-likeness (QED) is 0.256. The number of nitrogens with one attached hydrogen (secondary N) is 3. The molecule has 2 aromatic carbocycles. The highest BCUT2D eigenvalue weighted by molar-refractivity contribution is 14.0. The van der Waals surface area contributed by atoms with Gasteiger partial charge in [-0.3, -0.25) is 4.79 Å². The third kappa shape index (κ3) is 8.64. The molecule has 2 rings (SSSR count). The molecule has 0 atom stereocenters. The Labute approximate surface area is 202 Å². The molecule has 0 unspecified atom stereocenters. The number of aliphatic imine (C=N–C) groups is 1. The molecule has 7 nitrogen and oxygen atoms in total. The number of halogens is 1. The van der Waals surface area contributed by atoms with Gasteiger partial charge in [0.1, 0.15) is 11.5 Å². The minimum atomic E-state index is -0.142. The summed E-state index contributed by atoms with van der Waals surface area (Å²) in [5.41, 5.74) is 3.95. The SMILES string of the molecule is CCNC(=NCc1ccc(OC)c(NC(C)=O)c1)NCCc1ccc(C)c(OC)c1.I. The van der Waals surface area contributed by atoms with Crippen LogP contribution in [0.1, 0.15) is 30.5 Å². The zero-order chi connectivity index (χ0) is 21.9. The summed E-state index contributed by atoms with van der Waals surface area (Å²) in [6, 6.07) is 11.9. The van der Waals surface area contributed by atoms with Gasteiger partial charge in [-0.15, -0.1) is 24.0 Å². The fraction of sp³-hybridized carbons (Fsp3) is 0.391. The summed E-state index contributed by atoms with van der Waals surface area (Å²) >= 11 is 0. The molecule has 0 saturated carbocycles. The van der Waals surface area contributed by atoms with Gasteiger partial charge in [-0.2, -0.15) is 0 Å². The van der Waals surface area contributed by atoms with Gasteiger partial charge in [0.25, 0.3) is 0 Å². The molecule has 0 fully saturated rings. The average molecular weight is 540 g/mol. The second-order valence-corrected chi connectivity index (χ2v) is 6.89. The zero-order valence-corrected chi connectivity index (χ0v) is 21.2. The number of hydrogen-bond donors (Lipinski definition) is 3. The fourth-order valence-corrected chi connectivity index (χ4v) is 3.00. The van der Waals surface area contributed by atoms with Crippen molar-refractivity contribution in [3.8, 4) is 11.5 Å². The molecule has 0 aliphatic rings. The van der Waals surface area contributed by atoms with Crippen LogP contribution in [0.3, 0.4) is 0 Å². The Balaban J connectivity index is 0.00000480. The summed E-state index contributed by atoms with van der Waals surface area (Å²) in [4.78, 5) is 16.1. The summed E-state index contributed by atoms with van der Waals surface area (Å²) < 4.78 is 10.7. The van der Waals surface area contributed by atoms with Crippen LogP contribution in [-0.2, 0) is 17.8 Å². The number of ether oxygens (including phenoxy) is 2. The van der Waals surface area contributed by atoms with Crippen molar-refractivity contribution in [2.24, 2.45) is 4.99 Å². The highest BCUT2D eigenvalue weighted by Gasteiger charge is 2.07. The molecule has 3 N–H and O–H groups in total. The van der Waals surface area contributed by atoms with Crippen LogP contribution in [-0.4, -0.2) is 39.2 Å². The molecular weight excluding hydrogens is 507 g/mol. The minimum Gasteiger partial charge on any atom is -0.496 e. The van der Waals surface area contributed by atoms with Crippen molar-refractivity contribution < 1.29 is 14.3 Å². The Morgan fingerprint density at radius 3 is 2.35 bits per heavy atom. The number of amides is 1. The van der Waals surface area contributed by atoms with Crippen molar-refractivity contribution in [2.45, 2.75) is 33.7 Å². The van der Waals surface area contributed by atoms with E-state index in [1.165, 1.54) is 12.5 Å². The van der Waals surface area contributed by atoms with Crippen LogP contribution in [0, 0.1) is 6.92 Å². The molecule has 1 amide bonds.